The van der Waals surface area contributed by atoms with Crippen LogP contribution in [0.2, 0.25) is 0 Å². The van der Waals surface area contributed by atoms with Gasteiger partial charge in [0.2, 0.25) is 0 Å². The Labute approximate surface area is 137 Å². The quantitative estimate of drug-likeness (QED) is 0.482. The highest BCUT2D eigenvalue weighted by molar-refractivity contribution is 6.17. The number of fused-ring (bicyclic) bond motifs is 5. The Morgan fingerprint density at radius 1 is 0.708 bits per heavy atom. The SMILES string of the molecule is O=c1[nH]c2ccccc2c2c1c1ccccc1n2-c1ccccc1. The summed E-state index contributed by atoms with van der Waals surface area (Å²) in [5, 5.41) is 2.77. The Kier molecular flexibility index (Phi) is 2.65. The lowest BCUT2D eigenvalue weighted by molar-refractivity contribution is 1.18. The summed E-state index contributed by atoms with van der Waals surface area (Å²) in [7, 11) is 0. The molecule has 3 nitrogen and oxygen atoms in total. The molecular formula is C21H14N2O. The zero-order chi connectivity index (χ0) is 16.1. The first-order chi connectivity index (χ1) is 11.8. The molecule has 0 amide bonds. The van der Waals surface area contributed by atoms with Gasteiger partial charge in [-0.25, -0.2) is 0 Å². The molecule has 0 bridgehead atoms. The van der Waals surface area contributed by atoms with E-state index in [2.05, 4.69) is 33.8 Å². The average molecular weight is 310 g/mol. The second kappa shape index (κ2) is 4.83. The lowest BCUT2D eigenvalue weighted by Crippen LogP contribution is -2.06. The number of benzene rings is 3. The van der Waals surface area contributed by atoms with E-state index in [1.807, 2.05) is 54.6 Å². The highest BCUT2D eigenvalue weighted by Crippen LogP contribution is 2.33. The summed E-state index contributed by atoms with van der Waals surface area (Å²) in [4.78, 5) is 15.8. The molecule has 0 spiro atoms. The fraction of sp³-hybridized carbons (Fsp3) is 0. The third kappa shape index (κ3) is 1.69. The molecule has 0 fully saturated rings. The Balaban J connectivity index is 2.16. The molecule has 0 saturated carbocycles. The van der Waals surface area contributed by atoms with Gasteiger partial charge in [0.1, 0.15) is 0 Å². The van der Waals surface area contributed by atoms with Crippen molar-refractivity contribution in [3.63, 3.8) is 0 Å². The number of aromatic nitrogens is 2. The molecular weight excluding hydrogens is 296 g/mol. The summed E-state index contributed by atoms with van der Waals surface area (Å²) in [6, 6.07) is 26.2. The summed E-state index contributed by atoms with van der Waals surface area (Å²) in [5.41, 5.74) is 3.87. The number of aromatic amines is 1. The maximum absolute atomic E-state index is 12.8. The second-order valence-corrected chi connectivity index (χ2v) is 5.91. The molecule has 0 atom stereocenters. The minimum absolute atomic E-state index is 0.0467. The third-order valence-electron chi connectivity index (χ3n) is 4.55. The Hall–Kier alpha value is -3.33. The highest BCUT2D eigenvalue weighted by Gasteiger charge is 2.17. The molecule has 0 saturated heterocycles. The van der Waals surface area contributed by atoms with E-state index >= 15 is 0 Å². The van der Waals surface area contributed by atoms with E-state index in [9.17, 15) is 4.79 Å². The van der Waals surface area contributed by atoms with Crippen LogP contribution in [0.1, 0.15) is 0 Å². The Bertz CT molecular complexity index is 1260. The van der Waals surface area contributed by atoms with Gasteiger partial charge < -0.3 is 9.55 Å². The van der Waals surface area contributed by atoms with Crippen molar-refractivity contribution in [1.29, 1.82) is 0 Å². The molecule has 3 heteroatoms. The molecule has 114 valence electrons. The molecule has 5 rings (SSSR count). The van der Waals surface area contributed by atoms with Gasteiger partial charge in [-0.2, -0.15) is 0 Å². The van der Waals surface area contributed by atoms with Crippen molar-refractivity contribution in [1.82, 2.24) is 9.55 Å². The Morgan fingerprint density at radius 3 is 2.21 bits per heavy atom. The molecule has 5 aromatic rings. The monoisotopic (exact) mass is 310 g/mol. The van der Waals surface area contributed by atoms with Gasteiger partial charge in [0.15, 0.2) is 0 Å². The summed E-state index contributed by atoms with van der Waals surface area (Å²) < 4.78 is 2.18. The average Bonchev–Trinajstić information content (AvgIpc) is 2.98. The zero-order valence-electron chi connectivity index (χ0n) is 12.9. The summed E-state index contributed by atoms with van der Waals surface area (Å²) >= 11 is 0. The normalized spacial score (nSPS) is 11.5. The molecule has 0 radical (unpaired) electrons. The number of rotatable bonds is 1. The lowest BCUT2D eigenvalue weighted by Gasteiger charge is -2.09. The number of nitrogens with zero attached hydrogens (tertiary/aromatic N) is 1. The van der Waals surface area contributed by atoms with Crippen LogP contribution >= 0.6 is 0 Å². The van der Waals surface area contributed by atoms with Gasteiger partial charge >= 0.3 is 0 Å². The maximum atomic E-state index is 12.8. The predicted molar refractivity (Wildman–Crippen MR) is 98.9 cm³/mol. The fourth-order valence-electron chi connectivity index (χ4n) is 3.55. The summed E-state index contributed by atoms with van der Waals surface area (Å²) in [6.07, 6.45) is 0. The van der Waals surface area contributed by atoms with Crippen molar-refractivity contribution in [2.24, 2.45) is 0 Å². The molecule has 0 aliphatic rings. The number of H-pyrrole nitrogens is 1. The van der Waals surface area contributed by atoms with Crippen molar-refractivity contribution >= 4 is 32.7 Å². The van der Waals surface area contributed by atoms with Gasteiger partial charge in [0.05, 0.1) is 21.9 Å². The van der Waals surface area contributed by atoms with Crippen molar-refractivity contribution < 1.29 is 0 Å². The number of pyridine rings is 1. The van der Waals surface area contributed by atoms with Gasteiger partial charge in [-0.05, 0) is 24.3 Å². The lowest BCUT2D eigenvalue weighted by atomic mass is 10.1. The van der Waals surface area contributed by atoms with Gasteiger partial charge in [0, 0.05) is 16.5 Å². The van der Waals surface area contributed by atoms with E-state index < -0.39 is 0 Å². The fourth-order valence-corrected chi connectivity index (χ4v) is 3.55. The van der Waals surface area contributed by atoms with E-state index in [4.69, 9.17) is 0 Å². The van der Waals surface area contributed by atoms with Crippen LogP contribution < -0.4 is 5.56 Å². The van der Waals surface area contributed by atoms with E-state index in [-0.39, 0.29) is 5.56 Å². The molecule has 0 aliphatic carbocycles. The van der Waals surface area contributed by atoms with Crippen LogP contribution in [-0.2, 0) is 0 Å². The molecule has 24 heavy (non-hydrogen) atoms. The van der Waals surface area contributed by atoms with Gasteiger partial charge in [-0.15, -0.1) is 0 Å². The number of hydrogen-bond donors (Lipinski definition) is 1. The van der Waals surface area contributed by atoms with E-state index in [0.717, 1.165) is 38.4 Å². The van der Waals surface area contributed by atoms with Crippen LogP contribution in [0, 0.1) is 0 Å². The second-order valence-electron chi connectivity index (χ2n) is 5.91. The molecule has 3 aromatic carbocycles. The molecule has 0 unspecified atom stereocenters. The van der Waals surface area contributed by atoms with Crippen molar-refractivity contribution in [2.45, 2.75) is 0 Å². The van der Waals surface area contributed by atoms with Crippen LogP contribution in [0.4, 0.5) is 0 Å². The number of hydrogen-bond acceptors (Lipinski definition) is 1. The zero-order valence-corrected chi connectivity index (χ0v) is 12.9. The number of para-hydroxylation sites is 3. The van der Waals surface area contributed by atoms with Crippen molar-refractivity contribution in [3.05, 3.63) is 89.2 Å². The molecule has 1 N–H and O–H groups in total. The van der Waals surface area contributed by atoms with E-state index in [0.29, 0.717) is 0 Å². The molecule has 2 aromatic heterocycles. The first kappa shape index (κ1) is 13.1. The van der Waals surface area contributed by atoms with Crippen LogP contribution in [-0.4, -0.2) is 9.55 Å². The summed E-state index contributed by atoms with van der Waals surface area (Å²) in [5.74, 6) is 0. The van der Waals surface area contributed by atoms with Crippen LogP contribution in [0.5, 0.6) is 0 Å². The standard InChI is InChI=1S/C21H14N2O/c24-21-19-16-11-5-7-13-18(16)23(14-8-2-1-3-9-14)20(19)15-10-4-6-12-17(15)22-21/h1-13H,(H,22,24). The topological polar surface area (TPSA) is 37.8 Å². The van der Waals surface area contributed by atoms with Crippen molar-refractivity contribution in [2.75, 3.05) is 0 Å². The van der Waals surface area contributed by atoms with Gasteiger partial charge in [-0.1, -0.05) is 54.6 Å². The smallest absolute Gasteiger partial charge is 0.258 e. The minimum atomic E-state index is -0.0467. The van der Waals surface area contributed by atoms with Gasteiger partial charge in [-0.3, -0.25) is 4.79 Å². The number of nitrogens with one attached hydrogen (secondary N) is 1. The van der Waals surface area contributed by atoms with Crippen LogP contribution in [0.3, 0.4) is 0 Å². The maximum Gasteiger partial charge on any atom is 0.258 e. The third-order valence-corrected chi connectivity index (χ3v) is 4.55. The minimum Gasteiger partial charge on any atom is -0.321 e. The Morgan fingerprint density at radius 2 is 1.38 bits per heavy atom. The largest absolute Gasteiger partial charge is 0.321 e. The highest BCUT2D eigenvalue weighted by atomic mass is 16.1. The molecule has 0 aliphatic heterocycles. The van der Waals surface area contributed by atoms with Crippen molar-refractivity contribution in [3.8, 4) is 5.69 Å². The first-order valence-electron chi connectivity index (χ1n) is 7.94. The van der Waals surface area contributed by atoms with E-state index in [1.165, 1.54) is 0 Å². The van der Waals surface area contributed by atoms with Gasteiger partial charge in [0.25, 0.3) is 5.56 Å². The molecule has 2 heterocycles. The predicted octanol–water partition coefficient (Wildman–Crippen LogP) is 4.63. The first-order valence-corrected chi connectivity index (χ1v) is 7.94. The summed E-state index contributed by atoms with van der Waals surface area (Å²) in [6.45, 7) is 0. The van der Waals surface area contributed by atoms with Crippen LogP contribution in [0.25, 0.3) is 38.4 Å². The van der Waals surface area contributed by atoms with E-state index in [1.54, 1.807) is 0 Å². The van der Waals surface area contributed by atoms with Crippen LogP contribution in [0.15, 0.2) is 83.7 Å².